The Bertz CT molecular complexity index is 784. The average molecular weight is 488 g/mol. The molecule has 1 aromatic heterocycles. The molecule has 0 amide bonds. The topological polar surface area (TPSA) is 92.2 Å². The maximum Gasteiger partial charge on any atom is -0.112 e. The standard InChI is InChI=1S/C19H17S2Se.ClHO4/c1-20-16-10-6-14(7-11-16)18-4-3-5-19(22-18)15-8-12-17(21-2)13-9-15;2-1(3,4)5/h3-13H,1-2H3;(H,2,3,4,5)/q+1;/p-1. The summed E-state index contributed by atoms with van der Waals surface area (Å²) >= 11 is 3.94. The molecule has 142 valence electrons. The van der Waals surface area contributed by atoms with Crippen LogP contribution in [-0.4, -0.2) is 27.0 Å². The molecule has 0 saturated carbocycles. The van der Waals surface area contributed by atoms with E-state index < -0.39 is 10.2 Å². The van der Waals surface area contributed by atoms with Crippen molar-refractivity contribution in [3.63, 3.8) is 0 Å². The van der Waals surface area contributed by atoms with Gasteiger partial charge in [0.05, 0.1) is 0 Å². The van der Waals surface area contributed by atoms with Crippen LogP contribution in [0.2, 0.25) is 0 Å². The zero-order valence-electron chi connectivity index (χ0n) is 14.6. The van der Waals surface area contributed by atoms with Crippen LogP contribution in [-0.2, 0) is 0 Å². The minimum Gasteiger partial charge on any atom is -0.222 e. The van der Waals surface area contributed by atoms with E-state index in [4.69, 9.17) is 18.6 Å². The zero-order chi connectivity index (χ0) is 19.9. The second-order valence-electron chi connectivity index (χ2n) is 5.19. The third kappa shape index (κ3) is 7.95. The van der Waals surface area contributed by atoms with E-state index in [0.29, 0.717) is 14.5 Å². The molecule has 0 spiro atoms. The Morgan fingerprint density at radius 3 is 1.26 bits per heavy atom. The van der Waals surface area contributed by atoms with Crippen molar-refractivity contribution >= 4 is 38.0 Å². The second kappa shape index (κ2) is 10.6. The van der Waals surface area contributed by atoms with E-state index in [2.05, 4.69) is 79.2 Å². The summed E-state index contributed by atoms with van der Waals surface area (Å²) in [5.41, 5.74) is 2.70. The van der Waals surface area contributed by atoms with Gasteiger partial charge in [0.1, 0.15) is 0 Å². The summed E-state index contributed by atoms with van der Waals surface area (Å²) in [5, 5.41) is 0. The van der Waals surface area contributed by atoms with Crippen LogP contribution < -0.4 is 18.6 Å². The Hall–Kier alpha value is -0.861. The normalized spacial score (nSPS) is 10.9. The minimum atomic E-state index is -4.94. The molecule has 0 fully saturated rings. The molecule has 0 N–H and O–H groups in total. The molecule has 0 aliphatic heterocycles. The molecule has 8 heteroatoms. The molecule has 3 rings (SSSR count). The van der Waals surface area contributed by atoms with E-state index in [9.17, 15) is 0 Å². The molecule has 0 unspecified atom stereocenters. The average Bonchev–Trinajstić information content (AvgIpc) is 2.67. The van der Waals surface area contributed by atoms with Gasteiger partial charge in [0.2, 0.25) is 0 Å². The predicted molar refractivity (Wildman–Crippen MR) is 102 cm³/mol. The molecule has 0 aliphatic rings. The first-order chi connectivity index (χ1) is 12.8. The summed E-state index contributed by atoms with van der Waals surface area (Å²) in [6.07, 6.45) is 4.23. The van der Waals surface area contributed by atoms with Gasteiger partial charge >= 0.3 is 147 Å². The van der Waals surface area contributed by atoms with Gasteiger partial charge in [-0.15, -0.1) is 10.2 Å². The second-order valence-corrected chi connectivity index (χ2v) is 9.98. The summed E-state index contributed by atoms with van der Waals surface area (Å²) in [5.74, 6) is 0. The van der Waals surface area contributed by atoms with E-state index in [-0.39, 0.29) is 0 Å². The van der Waals surface area contributed by atoms with Crippen molar-refractivity contribution in [2.24, 2.45) is 0 Å². The van der Waals surface area contributed by atoms with Gasteiger partial charge in [-0.2, -0.15) is 0 Å². The maximum atomic E-state index is 8.49. The molecule has 0 aliphatic carbocycles. The molecule has 27 heavy (non-hydrogen) atoms. The molecule has 2 aromatic carbocycles. The fourth-order valence-corrected chi connectivity index (χ4v) is 5.22. The summed E-state index contributed by atoms with van der Waals surface area (Å²) in [6, 6.07) is 24.5. The minimum absolute atomic E-state index is 0.358. The van der Waals surface area contributed by atoms with Crippen LogP contribution in [0.1, 0.15) is 0 Å². The van der Waals surface area contributed by atoms with Gasteiger partial charge in [-0.25, -0.2) is 18.6 Å². The molecule has 1 heterocycles. The van der Waals surface area contributed by atoms with Gasteiger partial charge in [0.15, 0.2) is 0 Å². The van der Waals surface area contributed by atoms with Crippen molar-refractivity contribution in [2.75, 3.05) is 12.5 Å². The molecule has 4 nitrogen and oxygen atoms in total. The van der Waals surface area contributed by atoms with E-state index in [1.807, 2.05) is 0 Å². The number of halogens is 1. The summed E-state index contributed by atoms with van der Waals surface area (Å²) in [6.45, 7) is 0. The Morgan fingerprint density at radius 1 is 0.630 bits per heavy atom. The Kier molecular flexibility index (Phi) is 8.82. The molecule has 0 atom stereocenters. The van der Waals surface area contributed by atoms with Crippen LogP contribution in [0.3, 0.4) is 0 Å². The van der Waals surface area contributed by atoms with Gasteiger partial charge in [-0.3, -0.25) is 0 Å². The van der Waals surface area contributed by atoms with Gasteiger partial charge in [-0.1, -0.05) is 0 Å². The summed E-state index contributed by atoms with van der Waals surface area (Å²) in [7, 11) is -4.94. The van der Waals surface area contributed by atoms with Crippen LogP contribution in [0, 0.1) is 10.2 Å². The van der Waals surface area contributed by atoms with Crippen molar-refractivity contribution in [3.8, 4) is 20.0 Å². The van der Waals surface area contributed by atoms with Crippen molar-refractivity contribution in [2.45, 2.75) is 9.79 Å². The molecule has 0 radical (unpaired) electrons. The van der Waals surface area contributed by atoms with E-state index in [1.54, 1.807) is 23.5 Å². The molecular formula is C19H17ClO4S2Se. The van der Waals surface area contributed by atoms with Crippen LogP contribution in [0.25, 0.3) is 20.0 Å². The van der Waals surface area contributed by atoms with Crippen molar-refractivity contribution in [3.05, 3.63) is 66.7 Å². The van der Waals surface area contributed by atoms with Crippen LogP contribution in [0.4, 0.5) is 0 Å². The number of rotatable bonds is 4. The number of hydrogen-bond acceptors (Lipinski definition) is 6. The summed E-state index contributed by atoms with van der Waals surface area (Å²) < 4.78 is 36.9. The number of benzene rings is 2. The van der Waals surface area contributed by atoms with E-state index >= 15 is 0 Å². The Balaban J connectivity index is 0.000000465. The van der Waals surface area contributed by atoms with Crippen LogP contribution in [0.5, 0.6) is 0 Å². The van der Waals surface area contributed by atoms with Crippen LogP contribution >= 0.6 is 23.5 Å². The fraction of sp³-hybridized carbons (Fsp3) is 0.105. The molecular weight excluding hydrogens is 471 g/mol. The van der Waals surface area contributed by atoms with Crippen LogP contribution in [0.15, 0.2) is 76.5 Å². The molecule has 0 bridgehead atoms. The smallest absolute Gasteiger partial charge is 0.112 e. The SMILES string of the molecule is CSc1ccc(-c2cccc(-c3ccc(SC)cc3)[se+]2)cc1.[O-][Cl+3]([O-])([O-])[O-]. The zero-order valence-corrected chi connectivity index (χ0v) is 18.7. The quantitative estimate of drug-likeness (QED) is 0.403. The van der Waals surface area contributed by atoms with E-state index in [1.165, 1.54) is 29.8 Å². The molecule has 0 saturated heterocycles. The first-order valence-corrected chi connectivity index (χ1v) is 13.0. The first kappa shape index (κ1) is 22.4. The Morgan fingerprint density at radius 2 is 0.963 bits per heavy atom. The third-order valence-corrected chi connectivity index (χ3v) is 7.43. The fourth-order valence-electron chi connectivity index (χ4n) is 2.23. The number of hydrogen-bond donors (Lipinski definition) is 0. The van der Waals surface area contributed by atoms with E-state index in [0.717, 1.165) is 0 Å². The number of thioether (sulfide) groups is 2. The van der Waals surface area contributed by atoms with Gasteiger partial charge in [0, 0.05) is 0 Å². The summed E-state index contributed by atoms with van der Waals surface area (Å²) in [4.78, 5) is 2.64. The van der Waals surface area contributed by atoms with Crippen molar-refractivity contribution in [1.29, 1.82) is 0 Å². The first-order valence-electron chi connectivity index (χ1n) is 7.64. The van der Waals surface area contributed by atoms with Gasteiger partial charge in [-0.05, 0) is 0 Å². The van der Waals surface area contributed by atoms with Gasteiger partial charge < -0.3 is 0 Å². The van der Waals surface area contributed by atoms with Gasteiger partial charge in [0.25, 0.3) is 0 Å². The Labute approximate surface area is 175 Å². The maximum absolute atomic E-state index is 8.49. The largest absolute Gasteiger partial charge is 0.222 e. The monoisotopic (exact) mass is 488 g/mol. The third-order valence-electron chi connectivity index (χ3n) is 3.46. The molecule has 3 aromatic rings. The van der Waals surface area contributed by atoms with Crippen molar-refractivity contribution in [1.82, 2.24) is 0 Å². The predicted octanol–water partition coefficient (Wildman–Crippen LogP) is 1.05. The van der Waals surface area contributed by atoms with Crippen molar-refractivity contribution < 1.29 is 28.9 Å².